The highest BCUT2D eigenvalue weighted by atomic mass is 35.5. The van der Waals surface area contributed by atoms with Crippen molar-refractivity contribution in [1.29, 1.82) is 0 Å². The Morgan fingerprint density at radius 1 is 1.11 bits per heavy atom. The van der Waals surface area contributed by atoms with Gasteiger partial charge in [-0.15, -0.1) is 0 Å². The monoisotopic (exact) mass is 413 g/mol. The van der Waals surface area contributed by atoms with Crippen molar-refractivity contribution in [1.82, 2.24) is 4.98 Å². The fourth-order valence-corrected chi connectivity index (χ4v) is 3.78. The van der Waals surface area contributed by atoms with E-state index in [1.165, 1.54) is 0 Å². The van der Waals surface area contributed by atoms with Crippen molar-refractivity contribution < 1.29 is 9.53 Å². The molecule has 2 heterocycles. The molecule has 1 aliphatic rings. The minimum Gasteiger partial charge on any atom is -0.494 e. The fourth-order valence-electron chi connectivity index (χ4n) is 3.25. The van der Waals surface area contributed by atoms with Gasteiger partial charge in [0.05, 0.1) is 17.9 Å². The first kappa shape index (κ1) is 18.6. The number of rotatable bonds is 5. The van der Waals surface area contributed by atoms with Crippen LogP contribution in [0, 0.1) is 0 Å². The van der Waals surface area contributed by atoms with Crippen molar-refractivity contribution in [2.24, 2.45) is 0 Å². The number of benzene rings is 2. The summed E-state index contributed by atoms with van der Waals surface area (Å²) in [7, 11) is 0. The molecule has 1 amide bonds. The summed E-state index contributed by atoms with van der Waals surface area (Å²) >= 11 is 12.3. The summed E-state index contributed by atoms with van der Waals surface area (Å²) in [6, 6.07) is 16.1. The molecule has 4 rings (SSSR count). The summed E-state index contributed by atoms with van der Waals surface area (Å²) in [5, 5.41) is 4.36. The van der Waals surface area contributed by atoms with Gasteiger partial charge in [0.15, 0.2) is 6.17 Å². The lowest BCUT2D eigenvalue weighted by atomic mass is 10.2. The third kappa shape index (κ3) is 3.51. The van der Waals surface area contributed by atoms with Crippen LogP contribution in [-0.2, 0) is 0 Å². The standard InChI is InChI=1S/C21H17Cl2N3O2/c1-2-28-17-7-5-16(6-8-17)26-20(19-18(21(26)27)4-3-9-24-19)25-15-11-13(22)10-14(23)12-15/h3-12,20,25H,2H2,1H3. The molecule has 1 unspecified atom stereocenters. The van der Waals surface area contributed by atoms with E-state index in [0.29, 0.717) is 33.6 Å². The van der Waals surface area contributed by atoms with Gasteiger partial charge in [-0.3, -0.25) is 14.7 Å². The zero-order valence-corrected chi connectivity index (χ0v) is 16.5. The highest BCUT2D eigenvalue weighted by molar-refractivity contribution is 6.35. The SMILES string of the molecule is CCOc1ccc(N2C(=O)c3cccnc3C2Nc2cc(Cl)cc(Cl)c2)cc1. The molecule has 0 bridgehead atoms. The van der Waals surface area contributed by atoms with Gasteiger partial charge < -0.3 is 10.1 Å². The summed E-state index contributed by atoms with van der Waals surface area (Å²) in [4.78, 5) is 19.2. The van der Waals surface area contributed by atoms with Crippen LogP contribution in [-0.4, -0.2) is 17.5 Å². The number of aromatic nitrogens is 1. The van der Waals surface area contributed by atoms with Crippen LogP contribution in [0.1, 0.15) is 29.1 Å². The van der Waals surface area contributed by atoms with Gasteiger partial charge in [-0.05, 0) is 61.5 Å². The first-order valence-electron chi connectivity index (χ1n) is 8.81. The summed E-state index contributed by atoms with van der Waals surface area (Å²) in [6.45, 7) is 2.51. The van der Waals surface area contributed by atoms with E-state index in [1.54, 1.807) is 41.4 Å². The molecule has 1 aromatic heterocycles. The van der Waals surface area contributed by atoms with Gasteiger partial charge in [0.1, 0.15) is 5.75 Å². The number of hydrogen-bond donors (Lipinski definition) is 1. The highest BCUT2D eigenvalue weighted by Crippen LogP contribution is 2.38. The Bertz CT molecular complexity index is 1000. The van der Waals surface area contributed by atoms with Crippen molar-refractivity contribution in [2.45, 2.75) is 13.1 Å². The predicted octanol–water partition coefficient (Wildman–Crippen LogP) is 5.56. The van der Waals surface area contributed by atoms with Gasteiger partial charge in [-0.2, -0.15) is 0 Å². The lowest BCUT2D eigenvalue weighted by Gasteiger charge is -2.27. The number of pyridine rings is 1. The van der Waals surface area contributed by atoms with Gasteiger partial charge in [0, 0.05) is 27.6 Å². The van der Waals surface area contributed by atoms with Gasteiger partial charge >= 0.3 is 0 Å². The molecule has 0 aliphatic carbocycles. The number of carbonyl (C=O) groups excluding carboxylic acids is 1. The lowest BCUT2D eigenvalue weighted by Crippen LogP contribution is -2.32. The van der Waals surface area contributed by atoms with Crippen LogP contribution in [0.2, 0.25) is 10.0 Å². The summed E-state index contributed by atoms with van der Waals surface area (Å²) in [5.41, 5.74) is 2.64. The first-order chi connectivity index (χ1) is 13.6. The topological polar surface area (TPSA) is 54.5 Å². The molecular formula is C21H17Cl2N3O2. The molecule has 1 N–H and O–H groups in total. The Balaban J connectivity index is 1.74. The number of anilines is 2. The summed E-state index contributed by atoms with van der Waals surface area (Å²) in [6.07, 6.45) is 1.18. The maximum Gasteiger partial charge on any atom is 0.262 e. The van der Waals surface area contributed by atoms with Gasteiger partial charge in [-0.1, -0.05) is 23.2 Å². The smallest absolute Gasteiger partial charge is 0.262 e. The minimum absolute atomic E-state index is 0.127. The molecule has 0 spiro atoms. The number of nitrogens with one attached hydrogen (secondary N) is 1. The average Bonchev–Trinajstić information content (AvgIpc) is 2.94. The second kappa shape index (κ2) is 7.70. The van der Waals surface area contributed by atoms with Crippen molar-refractivity contribution in [3.8, 4) is 5.75 Å². The van der Waals surface area contributed by atoms with E-state index in [9.17, 15) is 4.79 Å². The van der Waals surface area contributed by atoms with Crippen LogP contribution in [0.25, 0.3) is 0 Å². The number of ether oxygens (including phenoxy) is 1. The maximum absolute atomic E-state index is 13.1. The minimum atomic E-state index is -0.490. The first-order valence-corrected chi connectivity index (χ1v) is 9.56. The van der Waals surface area contributed by atoms with Gasteiger partial charge in [0.2, 0.25) is 0 Å². The van der Waals surface area contributed by atoms with E-state index in [1.807, 2.05) is 31.2 Å². The molecule has 1 aliphatic heterocycles. The molecule has 142 valence electrons. The summed E-state index contributed by atoms with van der Waals surface area (Å²) < 4.78 is 5.50. The lowest BCUT2D eigenvalue weighted by molar-refractivity contribution is 0.0993. The zero-order chi connectivity index (χ0) is 19.7. The molecule has 5 nitrogen and oxygen atoms in total. The number of halogens is 2. The highest BCUT2D eigenvalue weighted by Gasteiger charge is 2.39. The number of hydrogen-bond acceptors (Lipinski definition) is 4. The van der Waals surface area contributed by atoms with Crippen LogP contribution < -0.4 is 15.0 Å². The van der Waals surface area contributed by atoms with Crippen LogP contribution in [0.4, 0.5) is 11.4 Å². The van der Waals surface area contributed by atoms with Gasteiger partial charge in [0.25, 0.3) is 5.91 Å². The normalized spacial score (nSPS) is 15.5. The Hall–Kier alpha value is -2.76. The Morgan fingerprint density at radius 3 is 2.50 bits per heavy atom. The summed E-state index contributed by atoms with van der Waals surface area (Å²) in [5.74, 6) is 0.623. The van der Waals surface area contributed by atoms with E-state index in [0.717, 1.165) is 11.4 Å². The van der Waals surface area contributed by atoms with E-state index in [2.05, 4.69) is 10.3 Å². The van der Waals surface area contributed by atoms with E-state index in [-0.39, 0.29) is 5.91 Å². The quantitative estimate of drug-likeness (QED) is 0.594. The zero-order valence-electron chi connectivity index (χ0n) is 15.0. The third-order valence-corrected chi connectivity index (χ3v) is 4.83. The molecule has 0 fully saturated rings. The molecular weight excluding hydrogens is 397 g/mol. The largest absolute Gasteiger partial charge is 0.494 e. The third-order valence-electron chi connectivity index (χ3n) is 4.40. The van der Waals surface area contributed by atoms with Crippen LogP contribution in [0.3, 0.4) is 0 Å². The number of amides is 1. The fraction of sp³-hybridized carbons (Fsp3) is 0.143. The van der Waals surface area contributed by atoms with Gasteiger partial charge in [-0.25, -0.2) is 0 Å². The van der Waals surface area contributed by atoms with E-state index >= 15 is 0 Å². The Morgan fingerprint density at radius 2 is 1.82 bits per heavy atom. The maximum atomic E-state index is 13.1. The van der Waals surface area contributed by atoms with Crippen molar-refractivity contribution >= 4 is 40.5 Å². The number of nitrogens with zero attached hydrogens (tertiary/aromatic N) is 2. The molecule has 7 heteroatoms. The Kier molecular flexibility index (Phi) is 5.11. The molecule has 2 aromatic carbocycles. The molecule has 1 atom stereocenters. The van der Waals surface area contributed by atoms with Crippen molar-refractivity contribution in [3.63, 3.8) is 0 Å². The number of carbonyl (C=O) groups is 1. The van der Waals surface area contributed by atoms with Crippen molar-refractivity contribution in [3.05, 3.63) is 82.1 Å². The van der Waals surface area contributed by atoms with E-state index < -0.39 is 6.17 Å². The van der Waals surface area contributed by atoms with Crippen LogP contribution >= 0.6 is 23.2 Å². The molecule has 28 heavy (non-hydrogen) atoms. The molecule has 0 radical (unpaired) electrons. The molecule has 0 saturated carbocycles. The average molecular weight is 414 g/mol. The van der Waals surface area contributed by atoms with Crippen LogP contribution in [0.15, 0.2) is 60.8 Å². The van der Waals surface area contributed by atoms with Crippen molar-refractivity contribution in [2.75, 3.05) is 16.8 Å². The number of fused-ring (bicyclic) bond motifs is 1. The second-order valence-corrected chi connectivity index (χ2v) is 7.12. The molecule has 0 saturated heterocycles. The Labute approximate surface area is 172 Å². The predicted molar refractivity (Wildman–Crippen MR) is 111 cm³/mol. The second-order valence-electron chi connectivity index (χ2n) is 6.24. The molecule has 3 aromatic rings. The van der Waals surface area contributed by atoms with Crippen LogP contribution in [0.5, 0.6) is 5.75 Å². The van der Waals surface area contributed by atoms with E-state index in [4.69, 9.17) is 27.9 Å².